The predicted octanol–water partition coefficient (Wildman–Crippen LogP) is 1.68. The zero-order valence-electron chi connectivity index (χ0n) is 10.8. The van der Waals surface area contributed by atoms with Crippen LogP contribution in [-0.2, 0) is 23.1 Å². The largest absolute Gasteiger partial charge is 0.445 e. The number of hydrogen-bond donors (Lipinski definition) is 2. The molecule has 1 heterocycles. The van der Waals surface area contributed by atoms with E-state index in [0.29, 0.717) is 22.7 Å². The van der Waals surface area contributed by atoms with Gasteiger partial charge in [0, 0.05) is 11.0 Å². The molecule has 6 nitrogen and oxygen atoms in total. The second-order valence-corrected chi connectivity index (χ2v) is 6.75. The Hall–Kier alpha value is -1.22. The molecule has 0 bridgehead atoms. The van der Waals surface area contributed by atoms with Gasteiger partial charge in [-0.3, -0.25) is 0 Å². The van der Waals surface area contributed by atoms with Crippen LogP contribution in [0.1, 0.15) is 17.2 Å². The predicted molar refractivity (Wildman–Crippen MR) is 77.3 cm³/mol. The quantitative estimate of drug-likeness (QED) is 0.846. The first-order chi connectivity index (χ1) is 9.42. The van der Waals surface area contributed by atoms with E-state index in [9.17, 15) is 8.42 Å². The molecule has 0 aliphatic carbocycles. The minimum Gasteiger partial charge on any atom is -0.445 e. The Morgan fingerprint density at radius 1 is 1.45 bits per heavy atom. The third-order valence-electron chi connectivity index (χ3n) is 2.60. The molecule has 0 unspecified atom stereocenters. The number of nitrogens with two attached hydrogens (primary N) is 1. The maximum absolute atomic E-state index is 12.2. The van der Waals surface area contributed by atoms with E-state index >= 15 is 0 Å². The molecule has 0 amide bonds. The lowest BCUT2D eigenvalue weighted by atomic mass is 10.2. The molecule has 0 spiro atoms. The molecule has 20 heavy (non-hydrogen) atoms. The van der Waals surface area contributed by atoms with Crippen molar-refractivity contribution >= 4 is 26.0 Å². The fraction of sp³-hybridized carbons (Fsp3) is 0.250. The molecule has 1 aromatic heterocycles. The van der Waals surface area contributed by atoms with Gasteiger partial charge in [-0.05, 0) is 40.5 Å². The third kappa shape index (κ3) is 3.45. The molecule has 0 atom stereocenters. The number of rotatable bonds is 5. The standard InChI is InChI=1S/C12H14BrN3O3S/c1-8-6-15-12(19-8)7-16-20(17,18)11-3-2-9(5-14)4-10(11)13/h2-4,6,16H,5,7,14H2,1H3. The molecular formula is C12H14BrN3O3S. The molecule has 0 aliphatic heterocycles. The summed E-state index contributed by atoms with van der Waals surface area (Å²) in [4.78, 5) is 4.09. The normalized spacial score (nSPS) is 11.8. The monoisotopic (exact) mass is 359 g/mol. The van der Waals surface area contributed by atoms with Crippen molar-refractivity contribution < 1.29 is 12.8 Å². The Morgan fingerprint density at radius 3 is 2.75 bits per heavy atom. The fourth-order valence-corrected chi connectivity index (χ4v) is 3.70. The Kier molecular flexibility index (Phi) is 4.59. The van der Waals surface area contributed by atoms with E-state index in [-0.39, 0.29) is 11.4 Å². The SMILES string of the molecule is Cc1cnc(CNS(=O)(=O)c2ccc(CN)cc2Br)o1. The number of aromatic nitrogens is 1. The van der Waals surface area contributed by atoms with E-state index in [1.807, 2.05) is 0 Å². The van der Waals surface area contributed by atoms with Crippen molar-refractivity contribution in [2.75, 3.05) is 0 Å². The maximum atomic E-state index is 12.2. The fourth-order valence-electron chi connectivity index (χ4n) is 1.61. The first-order valence-electron chi connectivity index (χ1n) is 5.82. The number of nitrogens with one attached hydrogen (secondary N) is 1. The van der Waals surface area contributed by atoms with Crippen molar-refractivity contribution in [3.63, 3.8) is 0 Å². The summed E-state index contributed by atoms with van der Waals surface area (Å²) in [5.41, 5.74) is 6.35. The summed E-state index contributed by atoms with van der Waals surface area (Å²) in [5, 5.41) is 0. The molecule has 0 radical (unpaired) electrons. The smallest absolute Gasteiger partial charge is 0.242 e. The molecule has 0 fully saturated rings. The van der Waals surface area contributed by atoms with Crippen LogP contribution in [0.5, 0.6) is 0 Å². The minimum absolute atomic E-state index is 0.00124. The van der Waals surface area contributed by atoms with E-state index in [1.165, 1.54) is 12.3 Å². The molecule has 108 valence electrons. The van der Waals surface area contributed by atoms with Crippen molar-refractivity contribution in [2.45, 2.75) is 24.9 Å². The van der Waals surface area contributed by atoms with E-state index in [4.69, 9.17) is 10.2 Å². The van der Waals surface area contributed by atoms with Gasteiger partial charge in [0.15, 0.2) is 0 Å². The minimum atomic E-state index is -3.64. The van der Waals surface area contributed by atoms with Crippen LogP contribution in [-0.4, -0.2) is 13.4 Å². The number of oxazole rings is 1. The van der Waals surface area contributed by atoms with Crippen LogP contribution >= 0.6 is 15.9 Å². The van der Waals surface area contributed by atoms with Gasteiger partial charge in [0.25, 0.3) is 0 Å². The van der Waals surface area contributed by atoms with Crippen LogP contribution in [0.3, 0.4) is 0 Å². The van der Waals surface area contributed by atoms with E-state index in [1.54, 1.807) is 19.1 Å². The molecule has 0 saturated carbocycles. The number of aryl methyl sites for hydroxylation is 1. The summed E-state index contributed by atoms with van der Waals surface area (Å²) in [7, 11) is -3.64. The van der Waals surface area contributed by atoms with Crippen LogP contribution in [0.25, 0.3) is 0 Å². The van der Waals surface area contributed by atoms with Crippen LogP contribution in [0.2, 0.25) is 0 Å². The Bertz CT molecular complexity index is 712. The van der Waals surface area contributed by atoms with Gasteiger partial charge in [-0.15, -0.1) is 0 Å². The second-order valence-electron chi connectivity index (χ2n) is 4.16. The Morgan fingerprint density at radius 2 is 2.20 bits per heavy atom. The first kappa shape index (κ1) is 15.2. The Labute approximate surface area is 125 Å². The average molecular weight is 360 g/mol. The highest BCUT2D eigenvalue weighted by atomic mass is 79.9. The lowest BCUT2D eigenvalue weighted by Gasteiger charge is -2.08. The van der Waals surface area contributed by atoms with E-state index < -0.39 is 10.0 Å². The van der Waals surface area contributed by atoms with Crippen LogP contribution < -0.4 is 10.5 Å². The van der Waals surface area contributed by atoms with Gasteiger partial charge in [-0.2, -0.15) is 0 Å². The van der Waals surface area contributed by atoms with Crippen LogP contribution in [0.4, 0.5) is 0 Å². The van der Waals surface area contributed by atoms with Gasteiger partial charge in [-0.25, -0.2) is 18.1 Å². The molecule has 8 heteroatoms. The zero-order valence-corrected chi connectivity index (χ0v) is 13.2. The second kappa shape index (κ2) is 6.04. The summed E-state index contributed by atoms with van der Waals surface area (Å²) < 4.78 is 32.5. The number of hydrogen-bond acceptors (Lipinski definition) is 5. The summed E-state index contributed by atoms with van der Waals surface area (Å²) in [6.45, 7) is 2.09. The Balaban J connectivity index is 2.18. The number of nitrogens with zero attached hydrogens (tertiary/aromatic N) is 1. The molecule has 0 aliphatic rings. The van der Waals surface area contributed by atoms with Crippen LogP contribution in [0.15, 0.2) is 38.2 Å². The van der Waals surface area contributed by atoms with Crippen molar-refractivity contribution in [3.05, 3.63) is 46.1 Å². The third-order valence-corrected chi connectivity index (χ3v) is 4.98. The maximum Gasteiger partial charge on any atom is 0.242 e. The summed E-state index contributed by atoms with van der Waals surface area (Å²) in [6.07, 6.45) is 1.54. The molecule has 0 saturated heterocycles. The highest BCUT2D eigenvalue weighted by molar-refractivity contribution is 9.10. The lowest BCUT2D eigenvalue weighted by molar-refractivity contribution is 0.463. The molecule has 2 aromatic rings. The molecule has 3 N–H and O–H groups in total. The van der Waals surface area contributed by atoms with Crippen molar-refractivity contribution in [3.8, 4) is 0 Å². The summed E-state index contributed by atoms with van der Waals surface area (Å²) in [6, 6.07) is 4.87. The van der Waals surface area contributed by atoms with Crippen LogP contribution in [0, 0.1) is 6.92 Å². The average Bonchev–Trinajstić information content (AvgIpc) is 2.82. The molecule has 2 rings (SSSR count). The van der Waals surface area contributed by atoms with E-state index in [2.05, 4.69) is 25.6 Å². The summed E-state index contributed by atoms with van der Waals surface area (Å²) in [5.74, 6) is 0.952. The van der Waals surface area contributed by atoms with Crippen molar-refractivity contribution in [1.82, 2.24) is 9.71 Å². The van der Waals surface area contributed by atoms with Gasteiger partial charge in [0.05, 0.1) is 17.6 Å². The number of halogens is 1. The highest BCUT2D eigenvalue weighted by Crippen LogP contribution is 2.23. The van der Waals surface area contributed by atoms with Crippen molar-refractivity contribution in [1.29, 1.82) is 0 Å². The molecular weight excluding hydrogens is 346 g/mol. The van der Waals surface area contributed by atoms with Crippen molar-refractivity contribution in [2.24, 2.45) is 5.73 Å². The van der Waals surface area contributed by atoms with Gasteiger partial charge in [0.2, 0.25) is 15.9 Å². The summed E-state index contributed by atoms with van der Waals surface area (Å²) >= 11 is 3.24. The highest BCUT2D eigenvalue weighted by Gasteiger charge is 2.18. The van der Waals surface area contributed by atoms with E-state index in [0.717, 1.165) is 5.56 Å². The topological polar surface area (TPSA) is 98.2 Å². The van der Waals surface area contributed by atoms with Gasteiger partial charge >= 0.3 is 0 Å². The zero-order chi connectivity index (χ0) is 14.8. The van der Waals surface area contributed by atoms with Gasteiger partial charge in [0.1, 0.15) is 5.76 Å². The first-order valence-corrected chi connectivity index (χ1v) is 8.09. The lowest BCUT2D eigenvalue weighted by Crippen LogP contribution is -2.23. The van der Waals surface area contributed by atoms with Gasteiger partial charge in [-0.1, -0.05) is 6.07 Å². The number of benzene rings is 1. The van der Waals surface area contributed by atoms with Gasteiger partial charge < -0.3 is 10.2 Å². The number of sulfonamides is 1. The molecule has 1 aromatic carbocycles.